The molecule has 1 N–H and O–H groups in total. The van der Waals surface area contributed by atoms with Crippen LogP contribution in [0.4, 0.5) is 5.82 Å². The van der Waals surface area contributed by atoms with E-state index in [1.54, 1.807) is 17.5 Å². The lowest BCUT2D eigenvalue weighted by molar-refractivity contribution is 0.181. The average molecular weight is 385 g/mol. The summed E-state index contributed by atoms with van der Waals surface area (Å²) in [6.07, 6.45) is 4.14. The molecule has 3 aromatic rings. The summed E-state index contributed by atoms with van der Waals surface area (Å²) in [7, 11) is 0. The van der Waals surface area contributed by atoms with E-state index in [-0.39, 0.29) is 0 Å². The summed E-state index contributed by atoms with van der Waals surface area (Å²) >= 11 is 1.73. The lowest BCUT2D eigenvalue weighted by atomic mass is 9.96. The smallest absolute Gasteiger partial charge is 0.261 e. The number of pyridine rings is 1. The molecule has 1 saturated heterocycles. The highest BCUT2D eigenvalue weighted by Crippen LogP contribution is 2.26. The van der Waals surface area contributed by atoms with Crippen LogP contribution in [0, 0.1) is 19.8 Å². The van der Waals surface area contributed by atoms with Gasteiger partial charge in [0.25, 0.3) is 5.89 Å². The SMILES string of the molecule is Cc1noc(-c2cccnc2NCC2CCN(Cc3csc(C)n3)CC2)n1. The number of aromatic nitrogens is 4. The summed E-state index contributed by atoms with van der Waals surface area (Å²) in [5, 5.41) is 10.7. The van der Waals surface area contributed by atoms with Gasteiger partial charge in [-0.2, -0.15) is 4.98 Å². The van der Waals surface area contributed by atoms with E-state index in [4.69, 9.17) is 4.52 Å². The number of nitrogens with zero attached hydrogens (tertiary/aromatic N) is 5. The Hall–Kier alpha value is -2.32. The van der Waals surface area contributed by atoms with Crippen LogP contribution < -0.4 is 5.32 Å². The first-order valence-corrected chi connectivity index (χ1v) is 10.2. The maximum absolute atomic E-state index is 5.30. The summed E-state index contributed by atoms with van der Waals surface area (Å²) in [5.41, 5.74) is 2.05. The quantitative estimate of drug-likeness (QED) is 0.696. The van der Waals surface area contributed by atoms with E-state index in [0.717, 1.165) is 42.6 Å². The van der Waals surface area contributed by atoms with Crippen LogP contribution in [0.5, 0.6) is 0 Å². The van der Waals surface area contributed by atoms with E-state index in [2.05, 4.69) is 42.6 Å². The number of anilines is 1. The zero-order valence-corrected chi connectivity index (χ0v) is 16.5. The van der Waals surface area contributed by atoms with Crippen molar-refractivity contribution in [3.05, 3.63) is 40.2 Å². The van der Waals surface area contributed by atoms with Crippen LogP contribution in [0.2, 0.25) is 0 Å². The molecule has 0 aromatic carbocycles. The fraction of sp³-hybridized carbons (Fsp3) is 0.474. The first-order valence-electron chi connectivity index (χ1n) is 9.30. The van der Waals surface area contributed by atoms with E-state index >= 15 is 0 Å². The average Bonchev–Trinajstić information content (AvgIpc) is 3.29. The van der Waals surface area contributed by atoms with Crippen molar-refractivity contribution in [1.29, 1.82) is 0 Å². The molecule has 0 spiro atoms. The Morgan fingerprint density at radius 1 is 1.26 bits per heavy atom. The molecule has 142 valence electrons. The topological polar surface area (TPSA) is 80.0 Å². The second-order valence-electron chi connectivity index (χ2n) is 7.00. The molecule has 8 heteroatoms. The molecule has 0 bridgehead atoms. The van der Waals surface area contributed by atoms with Crippen LogP contribution in [-0.4, -0.2) is 44.6 Å². The first kappa shape index (κ1) is 18.1. The zero-order chi connectivity index (χ0) is 18.6. The highest BCUT2D eigenvalue weighted by Gasteiger charge is 2.21. The Bertz CT molecular complexity index is 884. The molecular formula is C19H24N6OS. The summed E-state index contributed by atoms with van der Waals surface area (Å²) < 4.78 is 5.30. The van der Waals surface area contributed by atoms with E-state index < -0.39 is 0 Å². The lowest BCUT2D eigenvalue weighted by Crippen LogP contribution is -2.35. The lowest BCUT2D eigenvalue weighted by Gasteiger charge is -2.31. The van der Waals surface area contributed by atoms with Gasteiger partial charge in [-0.25, -0.2) is 9.97 Å². The molecule has 4 heterocycles. The Morgan fingerprint density at radius 2 is 2.11 bits per heavy atom. The molecule has 0 atom stereocenters. The van der Waals surface area contributed by atoms with E-state index in [1.807, 2.05) is 19.1 Å². The van der Waals surface area contributed by atoms with Crippen molar-refractivity contribution < 1.29 is 4.52 Å². The van der Waals surface area contributed by atoms with Gasteiger partial charge in [0.05, 0.1) is 16.3 Å². The van der Waals surface area contributed by atoms with Crippen molar-refractivity contribution in [2.24, 2.45) is 5.92 Å². The highest BCUT2D eigenvalue weighted by molar-refractivity contribution is 7.09. The van der Waals surface area contributed by atoms with Crippen LogP contribution in [0.3, 0.4) is 0 Å². The minimum absolute atomic E-state index is 0.511. The van der Waals surface area contributed by atoms with Gasteiger partial charge in [0.2, 0.25) is 0 Å². The third kappa shape index (κ3) is 4.51. The van der Waals surface area contributed by atoms with Gasteiger partial charge in [-0.15, -0.1) is 11.3 Å². The van der Waals surface area contributed by atoms with Crippen molar-refractivity contribution in [3.63, 3.8) is 0 Å². The molecule has 1 aliphatic heterocycles. The predicted molar refractivity (Wildman–Crippen MR) is 106 cm³/mol. The molecule has 7 nitrogen and oxygen atoms in total. The van der Waals surface area contributed by atoms with Gasteiger partial charge < -0.3 is 9.84 Å². The molecule has 1 aliphatic rings. The van der Waals surface area contributed by atoms with Crippen LogP contribution >= 0.6 is 11.3 Å². The number of piperidine rings is 1. The predicted octanol–water partition coefficient (Wildman–Crippen LogP) is 3.53. The molecule has 1 fully saturated rings. The van der Waals surface area contributed by atoms with Gasteiger partial charge in [0.1, 0.15) is 5.82 Å². The van der Waals surface area contributed by atoms with E-state index in [0.29, 0.717) is 17.6 Å². The summed E-state index contributed by atoms with van der Waals surface area (Å²) in [5.74, 6) is 2.58. The number of aryl methyl sites for hydroxylation is 2. The Labute approximate surface area is 162 Å². The minimum atomic E-state index is 0.511. The number of rotatable bonds is 6. The van der Waals surface area contributed by atoms with Crippen molar-refractivity contribution in [2.75, 3.05) is 25.0 Å². The molecule has 27 heavy (non-hydrogen) atoms. The Morgan fingerprint density at radius 3 is 2.81 bits per heavy atom. The molecule has 0 radical (unpaired) electrons. The first-order chi connectivity index (χ1) is 13.2. The minimum Gasteiger partial charge on any atom is -0.369 e. The zero-order valence-electron chi connectivity index (χ0n) is 15.7. The summed E-state index contributed by atoms with van der Waals surface area (Å²) in [6.45, 7) is 7.97. The van der Waals surface area contributed by atoms with Gasteiger partial charge in [0, 0.05) is 24.7 Å². The third-order valence-electron chi connectivity index (χ3n) is 4.88. The fourth-order valence-electron chi connectivity index (χ4n) is 3.42. The van der Waals surface area contributed by atoms with Gasteiger partial charge in [-0.05, 0) is 57.8 Å². The van der Waals surface area contributed by atoms with Crippen LogP contribution in [0.25, 0.3) is 11.5 Å². The Kier molecular flexibility index (Phi) is 5.45. The molecule has 0 aliphatic carbocycles. The normalized spacial score (nSPS) is 15.9. The van der Waals surface area contributed by atoms with Gasteiger partial charge in [-0.3, -0.25) is 4.90 Å². The molecule has 0 amide bonds. The second kappa shape index (κ2) is 8.14. The molecule has 4 rings (SSSR count). The van der Waals surface area contributed by atoms with Crippen molar-refractivity contribution in [3.8, 4) is 11.5 Å². The third-order valence-corrected chi connectivity index (χ3v) is 5.71. The van der Waals surface area contributed by atoms with Crippen molar-refractivity contribution >= 4 is 17.2 Å². The van der Waals surface area contributed by atoms with Gasteiger partial charge in [0.15, 0.2) is 5.82 Å². The summed E-state index contributed by atoms with van der Waals surface area (Å²) in [6, 6.07) is 3.85. The van der Waals surface area contributed by atoms with Crippen LogP contribution in [0.15, 0.2) is 28.2 Å². The monoisotopic (exact) mass is 384 g/mol. The fourth-order valence-corrected chi connectivity index (χ4v) is 4.03. The standard InChI is InChI=1S/C19H24N6OS/c1-13-22-19(26-24-13)17-4-3-7-20-18(17)21-10-15-5-8-25(9-6-15)11-16-12-27-14(2)23-16/h3-4,7,12,15H,5-6,8-11H2,1-2H3,(H,20,21). The number of hydrogen-bond acceptors (Lipinski definition) is 8. The van der Waals surface area contributed by atoms with Crippen LogP contribution in [-0.2, 0) is 6.54 Å². The Balaban J connectivity index is 1.30. The number of thiazole rings is 1. The molecule has 3 aromatic heterocycles. The largest absolute Gasteiger partial charge is 0.369 e. The number of hydrogen-bond donors (Lipinski definition) is 1. The molecular weight excluding hydrogens is 360 g/mol. The summed E-state index contributed by atoms with van der Waals surface area (Å²) in [4.78, 5) is 15.9. The number of likely N-dealkylation sites (tertiary alicyclic amines) is 1. The molecule has 0 saturated carbocycles. The van der Waals surface area contributed by atoms with Gasteiger partial charge >= 0.3 is 0 Å². The molecule has 0 unspecified atom stereocenters. The number of nitrogens with one attached hydrogen (secondary N) is 1. The van der Waals surface area contributed by atoms with Crippen molar-refractivity contribution in [2.45, 2.75) is 33.2 Å². The maximum atomic E-state index is 5.30. The van der Waals surface area contributed by atoms with E-state index in [9.17, 15) is 0 Å². The van der Waals surface area contributed by atoms with Crippen LogP contribution in [0.1, 0.15) is 29.4 Å². The maximum Gasteiger partial charge on any atom is 0.261 e. The van der Waals surface area contributed by atoms with Crippen molar-refractivity contribution in [1.82, 2.24) is 25.0 Å². The highest BCUT2D eigenvalue weighted by atomic mass is 32.1. The van der Waals surface area contributed by atoms with Gasteiger partial charge in [-0.1, -0.05) is 5.16 Å². The van der Waals surface area contributed by atoms with E-state index in [1.165, 1.54) is 18.5 Å². The second-order valence-corrected chi connectivity index (χ2v) is 8.07.